The molecule has 0 aliphatic rings. The first kappa shape index (κ1) is 16.8. The van der Waals surface area contributed by atoms with Gasteiger partial charge in [-0.2, -0.15) is 0 Å². The minimum absolute atomic E-state index is 0.130. The third-order valence-corrected chi connectivity index (χ3v) is 3.97. The van der Waals surface area contributed by atoms with Gasteiger partial charge in [0.25, 0.3) is 5.91 Å². The molecule has 1 aromatic carbocycles. The van der Waals surface area contributed by atoms with Crippen LogP contribution in [-0.4, -0.2) is 22.1 Å². The molecule has 130 valence electrons. The lowest BCUT2D eigenvalue weighted by atomic mass is 10.2. The minimum Gasteiger partial charge on any atom is -0.478 e. The van der Waals surface area contributed by atoms with E-state index in [2.05, 4.69) is 28.7 Å². The number of aryl methyl sites for hydroxylation is 1. The number of pyridine rings is 1. The number of amides is 1. The highest BCUT2D eigenvalue weighted by Crippen LogP contribution is 2.26. The van der Waals surface area contributed by atoms with Gasteiger partial charge in [-0.3, -0.25) is 9.59 Å². The number of benzene rings is 1. The van der Waals surface area contributed by atoms with Gasteiger partial charge in [0.1, 0.15) is 0 Å². The van der Waals surface area contributed by atoms with E-state index in [0.717, 1.165) is 22.3 Å². The number of hydrogen-bond donors (Lipinski definition) is 2. The van der Waals surface area contributed by atoms with Crippen LogP contribution >= 0.6 is 0 Å². The average Bonchev–Trinajstić information content (AvgIpc) is 2.99. The number of H-pyrrole nitrogens is 1. The number of fused-ring (bicyclic) bond motifs is 1. The van der Waals surface area contributed by atoms with Crippen molar-refractivity contribution in [2.24, 2.45) is 0 Å². The molecule has 2 aromatic heterocycles. The van der Waals surface area contributed by atoms with Crippen LogP contribution in [0.3, 0.4) is 0 Å². The lowest BCUT2D eigenvalue weighted by Crippen LogP contribution is -2.22. The second-order valence-corrected chi connectivity index (χ2v) is 6.24. The fourth-order valence-corrected chi connectivity index (χ4v) is 2.75. The van der Waals surface area contributed by atoms with Gasteiger partial charge in [-0.05, 0) is 39.0 Å². The number of anilines is 1. The highest BCUT2D eigenvalue weighted by molar-refractivity contribution is 6.02. The second kappa shape index (κ2) is 6.84. The summed E-state index contributed by atoms with van der Waals surface area (Å²) in [5.41, 5.74) is 2.27. The molecular formula is C19H21N3O3. The molecule has 0 fully saturated rings. The zero-order chi connectivity index (χ0) is 18.0. The smallest absolute Gasteiger partial charge is 0.262 e. The van der Waals surface area contributed by atoms with E-state index in [-0.39, 0.29) is 23.7 Å². The molecular weight excluding hydrogens is 318 g/mol. The third-order valence-electron chi connectivity index (χ3n) is 3.97. The number of nitrogens with one attached hydrogen (secondary N) is 2. The van der Waals surface area contributed by atoms with Gasteiger partial charge in [0, 0.05) is 35.6 Å². The van der Waals surface area contributed by atoms with Crippen molar-refractivity contribution in [3.8, 4) is 5.75 Å². The van der Waals surface area contributed by atoms with Crippen molar-refractivity contribution >= 4 is 22.5 Å². The van der Waals surface area contributed by atoms with Gasteiger partial charge in [-0.1, -0.05) is 6.07 Å². The van der Waals surface area contributed by atoms with Crippen molar-refractivity contribution in [3.63, 3.8) is 0 Å². The van der Waals surface area contributed by atoms with E-state index < -0.39 is 0 Å². The molecule has 0 aliphatic heterocycles. The van der Waals surface area contributed by atoms with Crippen LogP contribution in [-0.2, 0) is 4.79 Å². The van der Waals surface area contributed by atoms with E-state index >= 15 is 0 Å². The van der Waals surface area contributed by atoms with Crippen LogP contribution in [0.4, 0.5) is 5.69 Å². The number of carbonyl (C=O) groups excluding carboxylic acids is 1. The van der Waals surface area contributed by atoms with E-state index in [4.69, 9.17) is 4.74 Å². The first-order valence-electron chi connectivity index (χ1n) is 8.17. The number of hydrogen-bond acceptors (Lipinski definition) is 3. The predicted octanol–water partition coefficient (Wildman–Crippen LogP) is 3.24. The average molecular weight is 339 g/mol. The van der Waals surface area contributed by atoms with E-state index in [0.29, 0.717) is 6.04 Å². The van der Waals surface area contributed by atoms with Gasteiger partial charge in [-0.15, -0.1) is 0 Å². The number of aromatic amines is 1. The summed E-state index contributed by atoms with van der Waals surface area (Å²) >= 11 is 0. The van der Waals surface area contributed by atoms with Crippen LogP contribution in [0.15, 0.2) is 47.5 Å². The molecule has 6 heteroatoms. The summed E-state index contributed by atoms with van der Waals surface area (Å²) in [5, 5.41) is 3.82. The quantitative estimate of drug-likeness (QED) is 0.749. The Morgan fingerprint density at radius 1 is 1.32 bits per heavy atom. The largest absolute Gasteiger partial charge is 0.478 e. The predicted molar refractivity (Wildman–Crippen MR) is 98.2 cm³/mol. The monoisotopic (exact) mass is 339 g/mol. The molecule has 0 saturated carbocycles. The standard InChI is InChI=1S/C19H21N3O3/c1-12(2)22-8-7-14-15(5-4-6-16(14)22)21-19(24)11-25-18-10-20-13(3)9-17(18)23/h4-10,12H,11H2,1-3H3,(H,20,23)(H,21,24). The Morgan fingerprint density at radius 2 is 2.12 bits per heavy atom. The van der Waals surface area contributed by atoms with Gasteiger partial charge in [0.2, 0.25) is 5.43 Å². The van der Waals surface area contributed by atoms with Gasteiger partial charge in [0.15, 0.2) is 12.4 Å². The molecule has 0 spiro atoms. The Bertz CT molecular complexity index is 969. The Hall–Kier alpha value is -3.02. The molecule has 3 aromatic rings. The first-order valence-corrected chi connectivity index (χ1v) is 8.17. The number of aromatic nitrogens is 2. The Balaban J connectivity index is 1.73. The summed E-state index contributed by atoms with van der Waals surface area (Å²) in [5.74, 6) is -0.185. The maximum atomic E-state index is 12.2. The summed E-state index contributed by atoms with van der Waals surface area (Å²) < 4.78 is 7.47. The molecule has 0 bridgehead atoms. The zero-order valence-corrected chi connectivity index (χ0v) is 14.5. The maximum absolute atomic E-state index is 12.2. The molecule has 6 nitrogen and oxygen atoms in total. The highest BCUT2D eigenvalue weighted by atomic mass is 16.5. The Kier molecular flexibility index (Phi) is 4.61. The molecule has 3 rings (SSSR count). The normalized spacial score (nSPS) is 11.0. The molecule has 0 radical (unpaired) electrons. The topological polar surface area (TPSA) is 76.1 Å². The second-order valence-electron chi connectivity index (χ2n) is 6.24. The molecule has 0 aliphatic carbocycles. The van der Waals surface area contributed by atoms with Gasteiger partial charge in [0.05, 0.1) is 11.2 Å². The molecule has 2 heterocycles. The SMILES string of the molecule is Cc1cc(=O)c(OCC(=O)Nc2cccc3c2ccn3C(C)C)c[nH]1. The third kappa shape index (κ3) is 3.57. The van der Waals surface area contributed by atoms with Gasteiger partial charge >= 0.3 is 0 Å². The Morgan fingerprint density at radius 3 is 2.84 bits per heavy atom. The summed E-state index contributed by atoms with van der Waals surface area (Å²) in [7, 11) is 0. The van der Waals surface area contributed by atoms with Crippen LogP contribution in [0.1, 0.15) is 25.6 Å². The fraction of sp³-hybridized carbons (Fsp3) is 0.263. The lowest BCUT2D eigenvalue weighted by Gasteiger charge is -2.11. The number of ether oxygens (including phenoxy) is 1. The summed E-state index contributed by atoms with van der Waals surface area (Å²) in [6.07, 6.45) is 3.47. The minimum atomic E-state index is -0.315. The van der Waals surface area contributed by atoms with Crippen molar-refractivity contribution < 1.29 is 9.53 Å². The number of rotatable bonds is 5. The lowest BCUT2D eigenvalue weighted by molar-refractivity contribution is -0.118. The van der Waals surface area contributed by atoms with Crippen molar-refractivity contribution in [3.05, 3.63) is 58.6 Å². The van der Waals surface area contributed by atoms with E-state index in [1.165, 1.54) is 12.3 Å². The molecule has 2 N–H and O–H groups in total. The molecule has 0 unspecified atom stereocenters. The molecule has 0 saturated heterocycles. The summed E-state index contributed by atoms with van der Waals surface area (Å²) in [4.78, 5) is 26.9. The van der Waals surface area contributed by atoms with Crippen LogP contribution in [0.5, 0.6) is 5.75 Å². The van der Waals surface area contributed by atoms with Crippen LogP contribution in [0, 0.1) is 6.92 Å². The first-order chi connectivity index (χ1) is 12.0. The molecule has 0 atom stereocenters. The van der Waals surface area contributed by atoms with Gasteiger partial charge < -0.3 is 19.6 Å². The molecule has 1 amide bonds. The van der Waals surface area contributed by atoms with Crippen molar-refractivity contribution in [2.75, 3.05) is 11.9 Å². The zero-order valence-electron chi connectivity index (χ0n) is 14.5. The van der Waals surface area contributed by atoms with Crippen molar-refractivity contribution in [1.82, 2.24) is 9.55 Å². The van der Waals surface area contributed by atoms with Crippen LogP contribution in [0.2, 0.25) is 0 Å². The van der Waals surface area contributed by atoms with Crippen molar-refractivity contribution in [1.29, 1.82) is 0 Å². The van der Waals surface area contributed by atoms with E-state index in [1.54, 1.807) is 6.92 Å². The van der Waals surface area contributed by atoms with Crippen LogP contribution < -0.4 is 15.5 Å². The number of nitrogens with zero attached hydrogens (tertiary/aromatic N) is 1. The summed E-state index contributed by atoms with van der Waals surface area (Å²) in [6, 6.07) is 9.53. The van der Waals surface area contributed by atoms with Crippen LogP contribution in [0.25, 0.3) is 10.9 Å². The fourth-order valence-electron chi connectivity index (χ4n) is 2.75. The maximum Gasteiger partial charge on any atom is 0.262 e. The van der Waals surface area contributed by atoms with Crippen molar-refractivity contribution in [2.45, 2.75) is 26.8 Å². The van der Waals surface area contributed by atoms with E-state index in [9.17, 15) is 9.59 Å². The van der Waals surface area contributed by atoms with E-state index in [1.807, 2.05) is 30.5 Å². The van der Waals surface area contributed by atoms with Gasteiger partial charge in [-0.25, -0.2) is 0 Å². The highest BCUT2D eigenvalue weighted by Gasteiger charge is 2.11. The Labute approximate surface area is 145 Å². The molecule has 25 heavy (non-hydrogen) atoms. The number of carbonyl (C=O) groups is 1. The summed E-state index contributed by atoms with van der Waals surface area (Å²) in [6.45, 7) is 5.77.